The van der Waals surface area contributed by atoms with Crippen LogP contribution in [0.2, 0.25) is 0 Å². The number of allylic oxidation sites excluding steroid dienone is 2. The van der Waals surface area contributed by atoms with Gasteiger partial charge in [-0.3, -0.25) is 14.3 Å². The molecule has 2 aliphatic heterocycles. The van der Waals surface area contributed by atoms with Crippen molar-refractivity contribution < 1.29 is 9.59 Å². The number of anilines is 1. The Morgan fingerprint density at radius 2 is 1.93 bits per heavy atom. The van der Waals surface area contributed by atoms with Crippen LogP contribution in [0.4, 0.5) is 5.69 Å². The SMILES string of the molecule is CC[C@@H](NC(=O)c1ccc2c(c1)/C(=C(/NC1=CC(CN3CCCC3)CC=C1)c1cnn(C)c1)C(=O)N2)c1ccccc1. The van der Waals surface area contributed by atoms with Gasteiger partial charge in [0.1, 0.15) is 0 Å². The number of hydrogen-bond acceptors (Lipinski definition) is 5. The first-order valence-corrected chi connectivity index (χ1v) is 14.9. The fourth-order valence-corrected chi connectivity index (χ4v) is 6.13. The Balaban J connectivity index is 1.33. The molecule has 3 heterocycles. The van der Waals surface area contributed by atoms with Crippen LogP contribution in [0, 0.1) is 5.92 Å². The van der Waals surface area contributed by atoms with E-state index in [2.05, 4.69) is 51.1 Å². The smallest absolute Gasteiger partial charge is 0.258 e. The van der Waals surface area contributed by atoms with Crippen molar-refractivity contribution in [2.75, 3.05) is 25.0 Å². The van der Waals surface area contributed by atoms with E-state index >= 15 is 0 Å². The molecule has 1 saturated heterocycles. The van der Waals surface area contributed by atoms with E-state index in [1.165, 1.54) is 25.9 Å². The molecule has 0 spiro atoms. The average Bonchev–Trinajstić information content (AvgIpc) is 3.75. The zero-order valence-electron chi connectivity index (χ0n) is 24.3. The summed E-state index contributed by atoms with van der Waals surface area (Å²) < 4.78 is 1.73. The largest absolute Gasteiger partial charge is 0.355 e. The second kappa shape index (κ2) is 12.2. The second-order valence-corrected chi connectivity index (χ2v) is 11.4. The van der Waals surface area contributed by atoms with Gasteiger partial charge in [-0.05, 0) is 74.5 Å². The highest BCUT2D eigenvalue weighted by molar-refractivity contribution is 6.37. The van der Waals surface area contributed by atoms with Gasteiger partial charge >= 0.3 is 0 Å². The maximum absolute atomic E-state index is 13.5. The molecule has 1 aliphatic carbocycles. The Labute approximate surface area is 247 Å². The number of carbonyl (C=O) groups excluding carboxylic acids is 2. The normalized spacial score (nSPS) is 20.1. The first-order chi connectivity index (χ1) is 20.5. The molecule has 0 radical (unpaired) electrons. The predicted molar refractivity (Wildman–Crippen MR) is 166 cm³/mol. The first kappa shape index (κ1) is 27.7. The molecular formula is C34H38N6O2. The topological polar surface area (TPSA) is 91.3 Å². The highest BCUT2D eigenvalue weighted by Gasteiger charge is 2.30. The van der Waals surface area contributed by atoms with E-state index < -0.39 is 0 Å². The molecule has 0 bridgehead atoms. The van der Waals surface area contributed by atoms with Crippen LogP contribution in [-0.4, -0.2) is 46.1 Å². The molecule has 0 saturated carbocycles. The Morgan fingerprint density at radius 1 is 1.12 bits per heavy atom. The van der Waals surface area contributed by atoms with Crippen molar-refractivity contribution in [2.24, 2.45) is 13.0 Å². The van der Waals surface area contributed by atoms with Crippen LogP contribution >= 0.6 is 0 Å². The van der Waals surface area contributed by atoms with Gasteiger partial charge in [-0.1, -0.05) is 49.4 Å². The molecule has 6 rings (SSSR count). The van der Waals surface area contributed by atoms with Gasteiger partial charge in [0, 0.05) is 47.9 Å². The van der Waals surface area contributed by atoms with Gasteiger partial charge in [0.2, 0.25) is 0 Å². The highest BCUT2D eigenvalue weighted by Crippen LogP contribution is 2.37. The quantitative estimate of drug-likeness (QED) is 0.309. The number of nitrogens with one attached hydrogen (secondary N) is 3. The lowest BCUT2D eigenvalue weighted by Crippen LogP contribution is -2.28. The lowest BCUT2D eigenvalue weighted by molar-refractivity contribution is -0.110. The zero-order chi connectivity index (χ0) is 29.1. The third-order valence-electron chi connectivity index (χ3n) is 8.30. The van der Waals surface area contributed by atoms with E-state index in [-0.39, 0.29) is 17.9 Å². The first-order valence-electron chi connectivity index (χ1n) is 14.9. The third kappa shape index (κ3) is 5.94. The molecule has 3 N–H and O–H groups in total. The summed E-state index contributed by atoms with van der Waals surface area (Å²) in [5.74, 6) is 0.0243. The minimum atomic E-state index is -0.210. The van der Waals surface area contributed by atoms with Gasteiger partial charge in [-0.2, -0.15) is 5.10 Å². The summed E-state index contributed by atoms with van der Waals surface area (Å²) in [5, 5.41) is 14.1. The van der Waals surface area contributed by atoms with Crippen LogP contribution in [0.1, 0.15) is 65.7 Å². The van der Waals surface area contributed by atoms with Crippen molar-refractivity contribution in [2.45, 2.75) is 38.6 Å². The summed E-state index contributed by atoms with van der Waals surface area (Å²) in [6.45, 7) is 5.43. The van der Waals surface area contributed by atoms with Gasteiger partial charge in [-0.25, -0.2) is 0 Å². The van der Waals surface area contributed by atoms with Crippen molar-refractivity contribution in [3.8, 4) is 0 Å². The number of benzene rings is 2. The lowest BCUT2D eigenvalue weighted by Gasteiger charge is -2.24. The fraction of sp³-hybridized carbons (Fsp3) is 0.324. The summed E-state index contributed by atoms with van der Waals surface area (Å²) >= 11 is 0. The molecule has 2 atom stereocenters. The Bertz CT molecular complexity index is 1560. The molecule has 42 heavy (non-hydrogen) atoms. The minimum absolute atomic E-state index is 0.104. The summed E-state index contributed by atoms with van der Waals surface area (Å²) in [4.78, 5) is 29.5. The van der Waals surface area contributed by atoms with Gasteiger partial charge in [0.15, 0.2) is 0 Å². The van der Waals surface area contributed by atoms with E-state index in [1.807, 2.05) is 55.7 Å². The summed E-state index contributed by atoms with van der Waals surface area (Å²) in [6, 6.07) is 15.3. The summed E-state index contributed by atoms with van der Waals surface area (Å²) in [5.41, 5.74) is 5.88. The maximum Gasteiger partial charge on any atom is 0.258 e. The molecule has 1 fully saturated rings. The van der Waals surface area contributed by atoms with Crippen molar-refractivity contribution in [1.82, 2.24) is 25.3 Å². The molecule has 3 aromatic rings. The molecule has 8 nitrogen and oxygen atoms in total. The number of aromatic nitrogens is 2. The number of nitrogens with zero attached hydrogens (tertiary/aromatic N) is 3. The maximum atomic E-state index is 13.5. The molecule has 1 aromatic heterocycles. The van der Waals surface area contributed by atoms with Crippen LogP contribution in [0.15, 0.2) is 84.8 Å². The number of amides is 2. The predicted octanol–water partition coefficient (Wildman–Crippen LogP) is 5.27. The number of likely N-dealkylation sites (tertiary alicyclic amines) is 1. The number of rotatable bonds is 9. The van der Waals surface area contributed by atoms with Crippen molar-refractivity contribution in [3.05, 3.63) is 107 Å². The summed E-state index contributed by atoms with van der Waals surface area (Å²) in [7, 11) is 1.86. The number of hydrogen-bond donors (Lipinski definition) is 3. The number of fused-ring (bicyclic) bond motifs is 1. The number of carbonyl (C=O) groups is 2. The van der Waals surface area contributed by atoms with Gasteiger partial charge in [0.25, 0.3) is 11.8 Å². The third-order valence-corrected chi connectivity index (χ3v) is 8.30. The van der Waals surface area contributed by atoms with Crippen molar-refractivity contribution >= 4 is 28.8 Å². The Kier molecular flexibility index (Phi) is 8.06. The average molecular weight is 563 g/mol. The minimum Gasteiger partial charge on any atom is -0.355 e. The zero-order valence-corrected chi connectivity index (χ0v) is 24.3. The molecule has 2 amide bonds. The molecule has 8 heteroatoms. The monoisotopic (exact) mass is 562 g/mol. The molecular weight excluding hydrogens is 524 g/mol. The molecule has 216 valence electrons. The van der Waals surface area contributed by atoms with Gasteiger partial charge in [-0.15, -0.1) is 0 Å². The van der Waals surface area contributed by atoms with Crippen LogP contribution < -0.4 is 16.0 Å². The molecule has 2 aromatic carbocycles. The fourth-order valence-electron chi connectivity index (χ4n) is 6.13. The highest BCUT2D eigenvalue weighted by atomic mass is 16.2. The van der Waals surface area contributed by atoms with Crippen LogP contribution in [0.25, 0.3) is 11.3 Å². The Hall–Kier alpha value is -4.43. The van der Waals surface area contributed by atoms with E-state index in [0.29, 0.717) is 34.0 Å². The second-order valence-electron chi connectivity index (χ2n) is 11.4. The molecule has 1 unspecified atom stereocenters. The van der Waals surface area contributed by atoms with Gasteiger partial charge < -0.3 is 20.9 Å². The van der Waals surface area contributed by atoms with Crippen LogP contribution in [0.3, 0.4) is 0 Å². The van der Waals surface area contributed by atoms with E-state index in [9.17, 15) is 9.59 Å². The lowest BCUT2D eigenvalue weighted by atomic mass is 9.96. The summed E-state index contributed by atoms with van der Waals surface area (Å²) in [6.07, 6.45) is 14.5. The molecule has 3 aliphatic rings. The van der Waals surface area contributed by atoms with Crippen LogP contribution in [-0.2, 0) is 11.8 Å². The number of aryl methyl sites for hydroxylation is 1. The van der Waals surface area contributed by atoms with E-state index in [0.717, 1.165) is 36.2 Å². The van der Waals surface area contributed by atoms with E-state index in [1.54, 1.807) is 16.9 Å². The van der Waals surface area contributed by atoms with E-state index in [4.69, 9.17) is 0 Å². The van der Waals surface area contributed by atoms with Crippen molar-refractivity contribution in [1.29, 1.82) is 0 Å². The standard InChI is InChI=1S/C34H38N6O2/c1-3-29(24-11-5-4-6-12-24)37-33(41)25-14-15-30-28(19-25)31(34(42)38-30)32(26-20-35-39(2)22-26)36-27-13-9-10-23(18-27)21-40-16-7-8-17-40/h4-6,9,11-15,18-20,22-23,29,36H,3,7-8,10,16-17,21H2,1-2H3,(H,37,41)(H,38,42)/b32-31-/t23?,29-/m1/s1. The van der Waals surface area contributed by atoms with Gasteiger partial charge in [0.05, 0.1) is 23.5 Å². The Morgan fingerprint density at radius 3 is 2.67 bits per heavy atom. The van der Waals surface area contributed by atoms with Crippen molar-refractivity contribution in [3.63, 3.8) is 0 Å². The van der Waals surface area contributed by atoms with Crippen LogP contribution in [0.5, 0.6) is 0 Å².